The molecular weight excluding hydrogens is 166 g/mol. The second-order valence-electron chi connectivity index (χ2n) is 2.56. The number of fused-ring (bicyclic) bond motifs is 1. The first-order chi connectivity index (χ1) is 6.35. The van der Waals surface area contributed by atoms with E-state index in [9.17, 15) is 4.79 Å². The van der Waals surface area contributed by atoms with E-state index in [0.717, 1.165) is 5.39 Å². The quantitative estimate of drug-likeness (QED) is 0.656. The van der Waals surface area contributed by atoms with E-state index in [-0.39, 0.29) is 0 Å². The molecule has 0 aliphatic heterocycles. The van der Waals surface area contributed by atoms with Crippen molar-refractivity contribution in [3.8, 4) is 6.07 Å². The molecule has 13 heavy (non-hydrogen) atoms. The fourth-order valence-corrected chi connectivity index (χ4v) is 1.18. The van der Waals surface area contributed by atoms with Gasteiger partial charge in [0, 0.05) is 11.6 Å². The summed E-state index contributed by atoms with van der Waals surface area (Å²) in [5, 5.41) is 9.43. The van der Waals surface area contributed by atoms with Crippen LogP contribution in [-0.2, 0) is 0 Å². The minimum Gasteiger partial charge on any atom is -0.345 e. The Morgan fingerprint density at radius 1 is 1.54 bits per heavy atom. The van der Waals surface area contributed by atoms with E-state index in [4.69, 9.17) is 5.26 Å². The molecule has 0 aliphatic carbocycles. The molecule has 0 saturated heterocycles. The molecule has 0 atom stereocenters. The van der Waals surface area contributed by atoms with Crippen LogP contribution in [0.4, 0.5) is 0 Å². The van der Waals surface area contributed by atoms with Gasteiger partial charge in [-0.15, -0.1) is 0 Å². The summed E-state index contributed by atoms with van der Waals surface area (Å²) >= 11 is 0. The highest BCUT2D eigenvalue weighted by atomic mass is 16.1. The zero-order chi connectivity index (χ0) is 9.26. The number of carbonyl (C=O) groups is 1. The second-order valence-corrected chi connectivity index (χ2v) is 2.56. The Morgan fingerprint density at radius 3 is 3.08 bits per heavy atom. The topological polar surface area (TPSA) is 69.5 Å². The second kappa shape index (κ2) is 2.72. The van der Waals surface area contributed by atoms with Crippen molar-refractivity contribution in [3.05, 3.63) is 29.6 Å². The zero-order valence-electron chi connectivity index (χ0n) is 6.61. The van der Waals surface area contributed by atoms with Gasteiger partial charge in [0.15, 0.2) is 6.29 Å². The molecule has 2 aromatic rings. The maximum absolute atomic E-state index is 10.4. The molecule has 0 unspecified atom stereocenters. The monoisotopic (exact) mass is 171 g/mol. The number of aromatic amines is 1. The number of nitriles is 1. The zero-order valence-corrected chi connectivity index (χ0v) is 6.61. The van der Waals surface area contributed by atoms with Crippen molar-refractivity contribution < 1.29 is 4.79 Å². The number of hydrogen-bond acceptors (Lipinski definition) is 3. The Hall–Kier alpha value is -2.15. The van der Waals surface area contributed by atoms with Crippen molar-refractivity contribution in [2.45, 2.75) is 0 Å². The summed E-state index contributed by atoms with van der Waals surface area (Å²) in [6, 6.07) is 5.32. The van der Waals surface area contributed by atoms with Crippen molar-refractivity contribution in [3.63, 3.8) is 0 Å². The fraction of sp³-hybridized carbons (Fsp3) is 0. The number of rotatable bonds is 1. The third kappa shape index (κ3) is 1.07. The fourth-order valence-electron chi connectivity index (χ4n) is 1.18. The summed E-state index contributed by atoms with van der Waals surface area (Å²) in [5.41, 5.74) is 1.47. The van der Waals surface area contributed by atoms with Crippen LogP contribution in [0.15, 0.2) is 18.3 Å². The lowest BCUT2D eigenvalue weighted by Gasteiger charge is -1.90. The van der Waals surface area contributed by atoms with Gasteiger partial charge in [-0.25, -0.2) is 4.98 Å². The molecule has 0 amide bonds. The van der Waals surface area contributed by atoms with Crippen LogP contribution >= 0.6 is 0 Å². The normalized spacial score (nSPS) is 9.77. The first-order valence-corrected chi connectivity index (χ1v) is 3.68. The van der Waals surface area contributed by atoms with Crippen LogP contribution in [-0.4, -0.2) is 16.3 Å². The maximum atomic E-state index is 10.4. The van der Waals surface area contributed by atoms with Crippen LogP contribution in [0.5, 0.6) is 0 Å². The van der Waals surface area contributed by atoms with Crippen molar-refractivity contribution >= 4 is 17.3 Å². The number of hydrogen-bond donors (Lipinski definition) is 1. The molecule has 2 rings (SSSR count). The predicted octanol–water partition coefficient (Wildman–Crippen LogP) is 1.25. The van der Waals surface area contributed by atoms with Gasteiger partial charge in [-0.3, -0.25) is 4.79 Å². The van der Waals surface area contributed by atoms with Crippen LogP contribution in [0.2, 0.25) is 0 Å². The third-order valence-corrected chi connectivity index (χ3v) is 1.80. The van der Waals surface area contributed by atoms with Crippen molar-refractivity contribution in [2.24, 2.45) is 0 Å². The average molecular weight is 171 g/mol. The van der Waals surface area contributed by atoms with E-state index in [2.05, 4.69) is 9.97 Å². The molecule has 4 heteroatoms. The number of pyridine rings is 1. The number of aldehydes is 1. The van der Waals surface area contributed by atoms with Gasteiger partial charge < -0.3 is 4.98 Å². The molecule has 0 saturated carbocycles. The molecule has 0 aliphatic rings. The predicted molar refractivity (Wildman–Crippen MR) is 46.2 cm³/mol. The van der Waals surface area contributed by atoms with Gasteiger partial charge in [0.25, 0.3) is 0 Å². The van der Waals surface area contributed by atoms with E-state index < -0.39 is 0 Å². The highest BCUT2D eigenvalue weighted by Crippen LogP contribution is 2.14. The van der Waals surface area contributed by atoms with E-state index in [1.165, 1.54) is 0 Å². The lowest BCUT2D eigenvalue weighted by molar-refractivity contribution is 0.111. The Morgan fingerprint density at radius 2 is 2.38 bits per heavy atom. The van der Waals surface area contributed by atoms with Crippen LogP contribution in [0.3, 0.4) is 0 Å². The number of aromatic nitrogens is 2. The summed E-state index contributed by atoms with van der Waals surface area (Å²) in [7, 11) is 0. The number of carbonyl (C=O) groups excluding carboxylic acids is 1. The van der Waals surface area contributed by atoms with E-state index in [0.29, 0.717) is 23.2 Å². The van der Waals surface area contributed by atoms with Crippen LogP contribution in [0, 0.1) is 11.3 Å². The van der Waals surface area contributed by atoms with Gasteiger partial charge in [-0.05, 0) is 12.1 Å². The standard InChI is InChI=1S/C9H5N3O/c10-3-6-4-11-9-8(6)2-1-7(5-13)12-9/h1-2,4-5H,(H,11,12). The Bertz CT molecular complexity index is 507. The van der Waals surface area contributed by atoms with Gasteiger partial charge in [-0.2, -0.15) is 5.26 Å². The summed E-state index contributed by atoms with van der Waals surface area (Å²) in [4.78, 5) is 17.2. The highest BCUT2D eigenvalue weighted by molar-refractivity contribution is 5.85. The minimum atomic E-state index is 0.360. The Balaban J connectivity index is 2.76. The SMILES string of the molecule is N#Cc1c[nH]c2nc(C=O)ccc12. The average Bonchev–Trinajstić information content (AvgIpc) is 2.59. The molecule has 62 valence electrons. The van der Waals surface area contributed by atoms with Crippen LogP contribution in [0.1, 0.15) is 16.1 Å². The molecule has 0 spiro atoms. The number of nitrogens with zero attached hydrogens (tertiary/aromatic N) is 2. The van der Waals surface area contributed by atoms with Gasteiger partial charge in [0.1, 0.15) is 17.4 Å². The van der Waals surface area contributed by atoms with Crippen LogP contribution < -0.4 is 0 Å². The molecular formula is C9H5N3O. The number of nitrogens with one attached hydrogen (secondary N) is 1. The summed E-state index contributed by atoms with van der Waals surface area (Å²) < 4.78 is 0. The minimum absolute atomic E-state index is 0.360. The van der Waals surface area contributed by atoms with Crippen molar-refractivity contribution in [1.29, 1.82) is 5.26 Å². The Kier molecular flexibility index (Phi) is 1.57. The van der Waals surface area contributed by atoms with Crippen molar-refractivity contribution in [2.75, 3.05) is 0 Å². The van der Waals surface area contributed by atoms with Gasteiger partial charge in [-0.1, -0.05) is 0 Å². The third-order valence-electron chi connectivity index (χ3n) is 1.80. The van der Waals surface area contributed by atoms with Gasteiger partial charge in [0.2, 0.25) is 0 Å². The lowest BCUT2D eigenvalue weighted by Crippen LogP contribution is -1.85. The lowest BCUT2D eigenvalue weighted by atomic mass is 10.2. The molecule has 0 fully saturated rings. The summed E-state index contributed by atoms with van der Waals surface area (Å²) in [6.07, 6.45) is 2.25. The first kappa shape index (κ1) is 7.50. The number of H-pyrrole nitrogens is 1. The maximum Gasteiger partial charge on any atom is 0.168 e. The molecule has 0 radical (unpaired) electrons. The molecule has 2 aromatic heterocycles. The highest BCUT2D eigenvalue weighted by Gasteiger charge is 2.03. The molecule has 4 nitrogen and oxygen atoms in total. The van der Waals surface area contributed by atoms with E-state index in [1.807, 2.05) is 6.07 Å². The molecule has 0 aromatic carbocycles. The molecule has 0 bridgehead atoms. The van der Waals surface area contributed by atoms with Crippen LogP contribution in [0.25, 0.3) is 11.0 Å². The first-order valence-electron chi connectivity index (χ1n) is 3.68. The van der Waals surface area contributed by atoms with Crippen molar-refractivity contribution in [1.82, 2.24) is 9.97 Å². The summed E-state index contributed by atoms with van der Waals surface area (Å²) in [5.74, 6) is 0. The smallest absolute Gasteiger partial charge is 0.168 e. The largest absolute Gasteiger partial charge is 0.345 e. The van der Waals surface area contributed by atoms with Gasteiger partial charge >= 0.3 is 0 Å². The van der Waals surface area contributed by atoms with E-state index >= 15 is 0 Å². The summed E-state index contributed by atoms with van der Waals surface area (Å²) in [6.45, 7) is 0. The van der Waals surface area contributed by atoms with Gasteiger partial charge in [0.05, 0.1) is 5.56 Å². The Labute approximate surface area is 73.8 Å². The molecule has 2 heterocycles. The molecule has 1 N–H and O–H groups in total. The van der Waals surface area contributed by atoms with E-state index in [1.54, 1.807) is 18.3 Å².